The van der Waals surface area contributed by atoms with Crippen LogP contribution in [0.4, 0.5) is 10.5 Å². The Bertz CT molecular complexity index is 454. The third-order valence-electron chi connectivity index (χ3n) is 2.80. The molecule has 1 aliphatic rings. The molecule has 2 amide bonds. The number of methoxy groups -OCH3 is 1. The summed E-state index contributed by atoms with van der Waals surface area (Å²) in [5, 5.41) is 7.08. The fourth-order valence-electron chi connectivity index (χ4n) is 1.84. The molecule has 1 saturated heterocycles. The number of esters is 1. The van der Waals surface area contributed by atoms with Crippen molar-refractivity contribution in [1.82, 2.24) is 5.32 Å². The highest BCUT2D eigenvalue weighted by Gasteiger charge is 2.18. The summed E-state index contributed by atoms with van der Waals surface area (Å²) in [5.74, 6) is -0.454. The Morgan fingerprint density at radius 3 is 3.11 bits per heavy atom. The zero-order valence-electron chi connectivity index (χ0n) is 10.6. The van der Waals surface area contributed by atoms with Crippen LogP contribution in [0, 0.1) is 0 Å². The van der Waals surface area contributed by atoms with Crippen LogP contribution in [-0.2, 0) is 9.47 Å². The van der Waals surface area contributed by atoms with Gasteiger partial charge in [0.15, 0.2) is 0 Å². The fourth-order valence-corrected chi connectivity index (χ4v) is 2.60. The zero-order valence-corrected chi connectivity index (χ0v) is 11.4. The van der Waals surface area contributed by atoms with Gasteiger partial charge in [0, 0.05) is 13.2 Å². The van der Waals surface area contributed by atoms with E-state index in [-0.39, 0.29) is 12.1 Å². The molecule has 2 N–H and O–H groups in total. The number of carbonyl (C=O) groups is 2. The van der Waals surface area contributed by atoms with Crippen LogP contribution < -0.4 is 10.6 Å². The van der Waals surface area contributed by atoms with Crippen LogP contribution in [-0.4, -0.2) is 38.4 Å². The first-order chi connectivity index (χ1) is 9.20. The third-order valence-corrected chi connectivity index (χ3v) is 3.69. The van der Waals surface area contributed by atoms with Crippen LogP contribution >= 0.6 is 11.3 Å². The van der Waals surface area contributed by atoms with Crippen molar-refractivity contribution >= 4 is 29.0 Å². The van der Waals surface area contributed by atoms with Gasteiger partial charge >= 0.3 is 12.0 Å². The lowest BCUT2D eigenvalue weighted by molar-refractivity contribution is 0.0607. The van der Waals surface area contributed by atoms with E-state index in [1.807, 2.05) is 0 Å². The van der Waals surface area contributed by atoms with Gasteiger partial charge in [0.1, 0.15) is 4.88 Å². The zero-order chi connectivity index (χ0) is 13.7. The number of anilines is 1. The molecule has 6 nitrogen and oxygen atoms in total. The van der Waals surface area contributed by atoms with E-state index in [4.69, 9.17) is 4.74 Å². The number of amides is 2. The van der Waals surface area contributed by atoms with Crippen molar-refractivity contribution in [2.45, 2.75) is 18.9 Å². The van der Waals surface area contributed by atoms with Crippen molar-refractivity contribution in [3.05, 3.63) is 16.3 Å². The highest BCUT2D eigenvalue weighted by molar-refractivity contribution is 7.12. The minimum absolute atomic E-state index is 0.0910. The van der Waals surface area contributed by atoms with E-state index in [2.05, 4.69) is 15.4 Å². The van der Waals surface area contributed by atoms with Gasteiger partial charge in [0.25, 0.3) is 0 Å². The number of nitrogens with one attached hydrogen (secondary N) is 2. The summed E-state index contributed by atoms with van der Waals surface area (Å²) in [6.07, 6.45) is 2.09. The third kappa shape index (κ3) is 3.68. The van der Waals surface area contributed by atoms with Crippen molar-refractivity contribution in [3.8, 4) is 0 Å². The Morgan fingerprint density at radius 2 is 2.42 bits per heavy atom. The summed E-state index contributed by atoms with van der Waals surface area (Å²) in [4.78, 5) is 23.5. The van der Waals surface area contributed by atoms with Gasteiger partial charge in [-0.15, -0.1) is 11.3 Å². The normalized spacial score (nSPS) is 18.1. The Morgan fingerprint density at radius 1 is 1.58 bits per heavy atom. The maximum atomic E-state index is 11.7. The van der Waals surface area contributed by atoms with Crippen molar-refractivity contribution in [2.24, 2.45) is 0 Å². The highest BCUT2D eigenvalue weighted by Crippen LogP contribution is 2.22. The van der Waals surface area contributed by atoms with Gasteiger partial charge in [-0.1, -0.05) is 0 Å². The van der Waals surface area contributed by atoms with Gasteiger partial charge in [-0.05, 0) is 24.3 Å². The molecule has 0 spiro atoms. The number of carbonyl (C=O) groups excluding carboxylic acids is 2. The fraction of sp³-hybridized carbons (Fsp3) is 0.500. The molecule has 2 heterocycles. The van der Waals surface area contributed by atoms with Crippen LogP contribution in [0.2, 0.25) is 0 Å². The Labute approximate surface area is 115 Å². The molecule has 0 bridgehead atoms. The summed E-state index contributed by atoms with van der Waals surface area (Å²) in [6, 6.07) is 1.32. The maximum Gasteiger partial charge on any atom is 0.350 e. The lowest BCUT2D eigenvalue weighted by Crippen LogP contribution is -2.35. The second-order valence-electron chi connectivity index (χ2n) is 4.13. The number of hydrogen-bond acceptors (Lipinski definition) is 5. The van der Waals surface area contributed by atoms with E-state index < -0.39 is 5.97 Å². The highest BCUT2D eigenvalue weighted by atomic mass is 32.1. The molecule has 1 aliphatic heterocycles. The van der Waals surface area contributed by atoms with Crippen LogP contribution in [0.5, 0.6) is 0 Å². The molecule has 2 rings (SSSR count). The number of hydrogen-bond donors (Lipinski definition) is 2. The maximum absolute atomic E-state index is 11.7. The summed E-state index contributed by atoms with van der Waals surface area (Å²) >= 11 is 1.23. The molecule has 0 unspecified atom stereocenters. The molecule has 1 aromatic heterocycles. The summed E-state index contributed by atoms with van der Waals surface area (Å²) in [6.45, 7) is 1.23. The van der Waals surface area contributed by atoms with E-state index in [9.17, 15) is 9.59 Å². The molecule has 7 heteroatoms. The number of ether oxygens (including phenoxy) is 2. The first-order valence-corrected chi connectivity index (χ1v) is 6.91. The molecule has 1 fully saturated rings. The van der Waals surface area contributed by atoms with Gasteiger partial charge in [0.2, 0.25) is 0 Å². The summed E-state index contributed by atoms with van der Waals surface area (Å²) < 4.78 is 10.0. The van der Waals surface area contributed by atoms with Crippen molar-refractivity contribution < 1.29 is 19.1 Å². The largest absolute Gasteiger partial charge is 0.465 e. The quantitative estimate of drug-likeness (QED) is 0.827. The van der Waals surface area contributed by atoms with E-state index in [1.165, 1.54) is 18.4 Å². The van der Waals surface area contributed by atoms with Crippen LogP contribution in [0.3, 0.4) is 0 Å². The van der Waals surface area contributed by atoms with Gasteiger partial charge in [-0.25, -0.2) is 9.59 Å². The van der Waals surface area contributed by atoms with E-state index in [0.29, 0.717) is 17.1 Å². The van der Waals surface area contributed by atoms with E-state index in [0.717, 1.165) is 19.4 Å². The summed E-state index contributed by atoms with van der Waals surface area (Å²) in [7, 11) is 1.31. The lowest BCUT2D eigenvalue weighted by atomic mass is 10.2. The molecule has 1 aromatic rings. The summed E-state index contributed by atoms with van der Waals surface area (Å²) in [5.41, 5.74) is 0.460. The van der Waals surface area contributed by atoms with Gasteiger partial charge in [-0.3, -0.25) is 0 Å². The molecule has 104 valence electrons. The minimum Gasteiger partial charge on any atom is -0.465 e. The first kappa shape index (κ1) is 13.8. The lowest BCUT2D eigenvalue weighted by Gasteiger charge is -2.11. The predicted molar refractivity (Wildman–Crippen MR) is 71.7 cm³/mol. The first-order valence-electron chi connectivity index (χ1n) is 6.03. The second kappa shape index (κ2) is 6.53. The number of rotatable bonds is 4. The molecular weight excluding hydrogens is 268 g/mol. The minimum atomic E-state index is -0.454. The topological polar surface area (TPSA) is 76.7 Å². The molecule has 19 heavy (non-hydrogen) atoms. The van der Waals surface area contributed by atoms with Crippen molar-refractivity contribution in [3.63, 3.8) is 0 Å². The van der Waals surface area contributed by atoms with Gasteiger partial charge < -0.3 is 20.1 Å². The van der Waals surface area contributed by atoms with Crippen LogP contribution in [0.15, 0.2) is 11.4 Å². The smallest absolute Gasteiger partial charge is 0.350 e. The van der Waals surface area contributed by atoms with Crippen LogP contribution in [0.1, 0.15) is 22.5 Å². The number of thiophene rings is 1. The predicted octanol–water partition coefficient (Wildman–Crippen LogP) is 1.84. The SMILES string of the molecule is COC(=O)c1sccc1NC(=O)NC[C@@H]1CCCO1. The standard InChI is InChI=1S/C12H16N2O4S/c1-17-11(15)10-9(4-6-19-10)14-12(16)13-7-8-3-2-5-18-8/h4,6,8H,2-3,5,7H2,1H3,(H2,13,14,16)/t8-/m0/s1. The molecule has 0 aliphatic carbocycles. The Balaban J connectivity index is 1.84. The molecule has 1 atom stereocenters. The van der Waals surface area contributed by atoms with Crippen LogP contribution in [0.25, 0.3) is 0 Å². The Hall–Kier alpha value is -1.60. The van der Waals surface area contributed by atoms with E-state index in [1.54, 1.807) is 11.4 Å². The molecule has 0 radical (unpaired) electrons. The second-order valence-corrected chi connectivity index (χ2v) is 5.04. The number of urea groups is 1. The van der Waals surface area contributed by atoms with Crippen molar-refractivity contribution in [1.29, 1.82) is 0 Å². The average Bonchev–Trinajstić information content (AvgIpc) is 3.06. The average molecular weight is 284 g/mol. The van der Waals surface area contributed by atoms with E-state index >= 15 is 0 Å². The monoisotopic (exact) mass is 284 g/mol. The molecule has 0 saturated carbocycles. The van der Waals surface area contributed by atoms with Gasteiger partial charge in [-0.2, -0.15) is 0 Å². The molecule has 0 aromatic carbocycles. The Kier molecular flexibility index (Phi) is 4.75. The van der Waals surface area contributed by atoms with Crippen molar-refractivity contribution in [2.75, 3.05) is 25.6 Å². The molecular formula is C12H16N2O4S. The van der Waals surface area contributed by atoms with Gasteiger partial charge in [0.05, 0.1) is 18.9 Å².